The number of H-pyrrole nitrogens is 2. The van der Waals surface area contributed by atoms with Crippen LogP contribution in [0.25, 0.3) is 22.4 Å². The normalized spacial score (nSPS) is 11.0. The summed E-state index contributed by atoms with van der Waals surface area (Å²) in [6.45, 7) is 6.53. The van der Waals surface area contributed by atoms with Crippen LogP contribution in [0.3, 0.4) is 0 Å². The molecule has 0 amide bonds. The van der Waals surface area contributed by atoms with Crippen LogP contribution in [-0.4, -0.2) is 26.9 Å². The Hall–Kier alpha value is -2.34. The second-order valence-corrected chi connectivity index (χ2v) is 5.38. The first kappa shape index (κ1) is 14.6. The molecule has 0 bridgehead atoms. The topological polar surface area (TPSA) is 58.6 Å². The zero-order valence-electron chi connectivity index (χ0n) is 12.6. The van der Waals surface area contributed by atoms with E-state index in [9.17, 15) is 0 Å². The van der Waals surface area contributed by atoms with Gasteiger partial charge < -0.3 is 9.72 Å². The second-order valence-electron chi connectivity index (χ2n) is 5.00. The van der Waals surface area contributed by atoms with Crippen molar-refractivity contribution in [3.05, 3.63) is 41.2 Å². The van der Waals surface area contributed by atoms with Crippen LogP contribution in [0.1, 0.15) is 12.5 Å². The summed E-state index contributed by atoms with van der Waals surface area (Å²) in [5.74, 6) is 1.65. The SMILES string of the molecule is C=CCn1c(-c2[nH]c3ccc(OC)cc3c2CC)n[nH]c1=S. The van der Waals surface area contributed by atoms with Crippen molar-refractivity contribution in [3.63, 3.8) is 0 Å². The summed E-state index contributed by atoms with van der Waals surface area (Å²) in [5.41, 5.74) is 3.25. The maximum atomic E-state index is 5.33. The zero-order valence-corrected chi connectivity index (χ0v) is 13.5. The van der Waals surface area contributed by atoms with E-state index in [4.69, 9.17) is 17.0 Å². The Morgan fingerprint density at radius 2 is 2.27 bits per heavy atom. The summed E-state index contributed by atoms with van der Waals surface area (Å²) in [5, 5.41) is 8.40. The lowest BCUT2D eigenvalue weighted by Crippen LogP contribution is -2.00. The number of nitrogens with zero attached hydrogens (tertiary/aromatic N) is 2. The monoisotopic (exact) mass is 314 g/mol. The molecule has 2 N–H and O–H groups in total. The van der Waals surface area contributed by atoms with Crippen molar-refractivity contribution in [2.24, 2.45) is 0 Å². The third kappa shape index (κ3) is 2.25. The molecule has 0 unspecified atom stereocenters. The molecule has 6 heteroatoms. The Morgan fingerprint density at radius 3 is 2.95 bits per heavy atom. The van der Waals surface area contributed by atoms with Gasteiger partial charge >= 0.3 is 0 Å². The predicted octanol–water partition coefficient (Wildman–Crippen LogP) is 3.85. The van der Waals surface area contributed by atoms with Gasteiger partial charge in [-0.05, 0) is 42.4 Å². The smallest absolute Gasteiger partial charge is 0.195 e. The first-order valence-electron chi connectivity index (χ1n) is 7.14. The molecule has 0 saturated carbocycles. The van der Waals surface area contributed by atoms with E-state index in [0.717, 1.165) is 34.6 Å². The van der Waals surface area contributed by atoms with E-state index in [1.807, 2.05) is 28.8 Å². The molecule has 5 nitrogen and oxygen atoms in total. The molecule has 3 aromatic rings. The Kier molecular flexibility index (Phi) is 3.85. The summed E-state index contributed by atoms with van der Waals surface area (Å²) in [7, 11) is 1.68. The van der Waals surface area contributed by atoms with Crippen LogP contribution in [0.2, 0.25) is 0 Å². The lowest BCUT2D eigenvalue weighted by atomic mass is 10.1. The van der Waals surface area contributed by atoms with E-state index >= 15 is 0 Å². The number of fused-ring (bicyclic) bond motifs is 1. The molecule has 2 heterocycles. The van der Waals surface area contributed by atoms with Crippen LogP contribution in [0.15, 0.2) is 30.9 Å². The minimum absolute atomic E-state index is 0.591. The highest BCUT2D eigenvalue weighted by molar-refractivity contribution is 7.71. The molecule has 114 valence electrons. The fraction of sp³-hybridized carbons (Fsp3) is 0.250. The van der Waals surface area contributed by atoms with Crippen molar-refractivity contribution < 1.29 is 4.74 Å². The average molecular weight is 314 g/mol. The number of aryl methyl sites for hydroxylation is 1. The number of rotatable bonds is 5. The highest BCUT2D eigenvalue weighted by Crippen LogP contribution is 2.32. The maximum absolute atomic E-state index is 5.33. The summed E-state index contributed by atoms with van der Waals surface area (Å²) in [4.78, 5) is 3.46. The van der Waals surface area contributed by atoms with Crippen LogP contribution in [0, 0.1) is 4.77 Å². The number of nitrogens with one attached hydrogen (secondary N) is 2. The molecular formula is C16H18N4OS. The summed E-state index contributed by atoms with van der Waals surface area (Å²) >= 11 is 5.30. The van der Waals surface area contributed by atoms with Gasteiger partial charge in [0.05, 0.1) is 12.8 Å². The highest BCUT2D eigenvalue weighted by Gasteiger charge is 2.17. The van der Waals surface area contributed by atoms with Crippen LogP contribution in [0.4, 0.5) is 0 Å². The minimum Gasteiger partial charge on any atom is -0.497 e. The van der Waals surface area contributed by atoms with Gasteiger partial charge in [0.25, 0.3) is 0 Å². The fourth-order valence-electron chi connectivity index (χ4n) is 2.72. The third-order valence-corrected chi connectivity index (χ3v) is 4.07. The van der Waals surface area contributed by atoms with Gasteiger partial charge in [0.15, 0.2) is 10.6 Å². The number of allylic oxidation sites excluding steroid dienone is 1. The Morgan fingerprint density at radius 1 is 1.45 bits per heavy atom. The molecule has 0 fully saturated rings. The molecular weight excluding hydrogens is 296 g/mol. The second kappa shape index (κ2) is 5.81. The van der Waals surface area contributed by atoms with Gasteiger partial charge in [-0.15, -0.1) is 6.58 Å². The van der Waals surface area contributed by atoms with E-state index in [1.54, 1.807) is 7.11 Å². The lowest BCUT2D eigenvalue weighted by Gasteiger charge is -2.04. The number of hydrogen-bond donors (Lipinski definition) is 2. The lowest BCUT2D eigenvalue weighted by molar-refractivity contribution is 0.415. The molecule has 0 aliphatic carbocycles. The Bertz CT molecular complexity index is 887. The zero-order chi connectivity index (χ0) is 15.7. The van der Waals surface area contributed by atoms with Crippen molar-refractivity contribution in [1.82, 2.24) is 19.7 Å². The predicted molar refractivity (Wildman–Crippen MR) is 90.8 cm³/mol. The van der Waals surface area contributed by atoms with Crippen molar-refractivity contribution in [3.8, 4) is 17.3 Å². The summed E-state index contributed by atoms with van der Waals surface area (Å²) in [6.07, 6.45) is 2.70. The standard InChI is InChI=1S/C16H18N4OS/c1-4-8-20-15(18-19-16(20)22)14-11(5-2)12-9-10(21-3)6-7-13(12)17-14/h4,6-7,9,17H,1,5,8H2,2-3H3,(H,19,22). The summed E-state index contributed by atoms with van der Waals surface area (Å²) in [6, 6.07) is 6.02. The Balaban J connectivity index is 2.27. The molecule has 22 heavy (non-hydrogen) atoms. The minimum atomic E-state index is 0.591. The molecule has 0 radical (unpaired) electrons. The molecule has 0 saturated heterocycles. The van der Waals surface area contributed by atoms with Crippen LogP contribution in [0.5, 0.6) is 5.75 Å². The van der Waals surface area contributed by atoms with Crippen molar-refractivity contribution in [2.75, 3.05) is 7.11 Å². The summed E-state index contributed by atoms with van der Waals surface area (Å²) < 4.78 is 7.86. The van der Waals surface area contributed by atoms with E-state index in [1.165, 1.54) is 5.56 Å². The van der Waals surface area contributed by atoms with Gasteiger partial charge in [0, 0.05) is 17.4 Å². The van der Waals surface area contributed by atoms with Gasteiger partial charge in [-0.3, -0.25) is 9.67 Å². The van der Waals surface area contributed by atoms with Gasteiger partial charge in [-0.2, -0.15) is 5.10 Å². The van der Waals surface area contributed by atoms with Gasteiger partial charge in [0.1, 0.15) is 5.75 Å². The van der Waals surface area contributed by atoms with Crippen molar-refractivity contribution >= 4 is 23.1 Å². The largest absolute Gasteiger partial charge is 0.497 e. The molecule has 0 atom stereocenters. The first-order chi connectivity index (χ1) is 10.7. The fourth-order valence-corrected chi connectivity index (χ4v) is 2.93. The molecule has 3 rings (SSSR count). The number of aromatic nitrogens is 4. The van der Waals surface area contributed by atoms with E-state index in [0.29, 0.717) is 11.3 Å². The number of methoxy groups -OCH3 is 1. The molecule has 1 aromatic carbocycles. The number of ether oxygens (including phenoxy) is 1. The first-order valence-corrected chi connectivity index (χ1v) is 7.55. The highest BCUT2D eigenvalue weighted by atomic mass is 32.1. The number of aromatic amines is 2. The van der Waals surface area contributed by atoms with Gasteiger partial charge in [0.2, 0.25) is 0 Å². The van der Waals surface area contributed by atoms with Crippen LogP contribution >= 0.6 is 12.2 Å². The maximum Gasteiger partial charge on any atom is 0.195 e. The van der Waals surface area contributed by atoms with Crippen LogP contribution < -0.4 is 4.74 Å². The number of benzene rings is 1. The number of hydrogen-bond acceptors (Lipinski definition) is 3. The van der Waals surface area contributed by atoms with Crippen molar-refractivity contribution in [1.29, 1.82) is 0 Å². The quantitative estimate of drug-likeness (QED) is 0.555. The molecule has 0 spiro atoms. The Labute approximate surface area is 133 Å². The molecule has 0 aliphatic heterocycles. The van der Waals surface area contributed by atoms with E-state index in [2.05, 4.69) is 28.7 Å². The van der Waals surface area contributed by atoms with Gasteiger partial charge in [-0.1, -0.05) is 13.0 Å². The third-order valence-electron chi connectivity index (χ3n) is 3.76. The van der Waals surface area contributed by atoms with E-state index in [-0.39, 0.29) is 0 Å². The average Bonchev–Trinajstić information content (AvgIpc) is 3.07. The van der Waals surface area contributed by atoms with Crippen LogP contribution in [-0.2, 0) is 13.0 Å². The molecule has 0 aliphatic rings. The van der Waals surface area contributed by atoms with Crippen molar-refractivity contribution in [2.45, 2.75) is 19.9 Å². The van der Waals surface area contributed by atoms with Gasteiger partial charge in [-0.25, -0.2) is 0 Å². The molecule has 2 aromatic heterocycles. The van der Waals surface area contributed by atoms with E-state index < -0.39 is 0 Å².